The summed E-state index contributed by atoms with van der Waals surface area (Å²) in [5.41, 5.74) is 0.437. The zero-order valence-electron chi connectivity index (χ0n) is 12.5. The highest BCUT2D eigenvalue weighted by Gasteiger charge is 2.18. The van der Waals surface area contributed by atoms with Crippen molar-refractivity contribution in [1.29, 1.82) is 0 Å². The molecular formula is C16H23FN2O2. The van der Waals surface area contributed by atoms with E-state index in [0.29, 0.717) is 12.1 Å². The van der Waals surface area contributed by atoms with E-state index in [9.17, 15) is 14.5 Å². The van der Waals surface area contributed by atoms with Gasteiger partial charge in [-0.1, -0.05) is 26.2 Å². The molecule has 1 aromatic rings. The molecule has 1 aliphatic rings. The van der Waals surface area contributed by atoms with Crippen molar-refractivity contribution >= 4 is 5.69 Å². The van der Waals surface area contributed by atoms with Gasteiger partial charge in [0.15, 0.2) is 0 Å². The third-order valence-electron chi connectivity index (χ3n) is 4.26. The molecule has 0 aromatic heterocycles. The van der Waals surface area contributed by atoms with E-state index in [1.54, 1.807) is 0 Å². The van der Waals surface area contributed by atoms with Gasteiger partial charge < -0.3 is 5.32 Å². The molecule has 0 radical (unpaired) electrons. The molecule has 0 spiro atoms. The lowest BCUT2D eigenvalue weighted by Gasteiger charge is -2.26. The van der Waals surface area contributed by atoms with Crippen LogP contribution in [0.15, 0.2) is 18.2 Å². The Labute approximate surface area is 124 Å². The molecule has 0 saturated heterocycles. The normalized spacial score (nSPS) is 22.2. The molecule has 5 heteroatoms. The zero-order valence-corrected chi connectivity index (χ0v) is 12.5. The van der Waals surface area contributed by atoms with Crippen LogP contribution in [0.5, 0.6) is 0 Å². The predicted octanol–water partition coefficient (Wildman–Crippen LogP) is 4.04. The number of benzene rings is 1. The predicted molar refractivity (Wildman–Crippen MR) is 80.5 cm³/mol. The van der Waals surface area contributed by atoms with Gasteiger partial charge in [0.2, 0.25) is 0 Å². The van der Waals surface area contributed by atoms with Gasteiger partial charge in [0.25, 0.3) is 5.69 Å². The second kappa shape index (κ2) is 7.50. The smallest absolute Gasteiger partial charge is 0.272 e. The van der Waals surface area contributed by atoms with Gasteiger partial charge in [-0.25, -0.2) is 4.39 Å². The minimum atomic E-state index is -0.560. The van der Waals surface area contributed by atoms with Gasteiger partial charge in [-0.2, -0.15) is 0 Å². The molecule has 1 aromatic carbocycles. The van der Waals surface area contributed by atoms with Gasteiger partial charge in [-0.3, -0.25) is 10.1 Å². The van der Waals surface area contributed by atoms with Crippen molar-refractivity contribution in [3.8, 4) is 0 Å². The Balaban J connectivity index is 1.77. The summed E-state index contributed by atoms with van der Waals surface area (Å²) in [6.07, 6.45) is 6.39. The SMILES string of the molecule is CC1CCCC(CCNCc2cc(F)cc([N+](=O)[O-])c2)C1. The maximum Gasteiger partial charge on any atom is 0.272 e. The van der Waals surface area contributed by atoms with Gasteiger partial charge in [0.05, 0.1) is 11.0 Å². The summed E-state index contributed by atoms with van der Waals surface area (Å²) < 4.78 is 13.3. The van der Waals surface area contributed by atoms with E-state index in [0.717, 1.165) is 30.9 Å². The number of non-ortho nitro benzene ring substituents is 1. The van der Waals surface area contributed by atoms with Crippen LogP contribution in [0, 0.1) is 27.8 Å². The lowest BCUT2D eigenvalue weighted by molar-refractivity contribution is -0.385. The van der Waals surface area contributed by atoms with Gasteiger partial charge >= 0.3 is 0 Å². The molecular weight excluding hydrogens is 271 g/mol. The van der Waals surface area contributed by atoms with Crippen LogP contribution in [0.2, 0.25) is 0 Å². The minimum absolute atomic E-state index is 0.187. The van der Waals surface area contributed by atoms with Crippen LogP contribution >= 0.6 is 0 Å². The average Bonchev–Trinajstić information content (AvgIpc) is 2.43. The van der Waals surface area contributed by atoms with E-state index in [4.69, 9.17) is 0 Å². The third kappa shape index (κ3) is 5.08. The molecule has 1 aliphatic carbocycles. The number of halogens is 1. The van der Waals surface area contributed by atoms with E-state index in [2.05, 4.69) is 12.2 Å². The molecule has 2 unspecified atom stereocenters. The molecule has 116 valence electrons. The fourth-order valence-electron chi connectivity index (χ4n) is 3.20. The van der Waals surface area contributed by atoms with Crippen LogP contribution in [-0.2, 0) is 6.54 Å². The van der Waals surface area contributed by atoms with Crippen molar-refractivity contribution in [3.05, 3.63) is 39.7 Å². The number of hydrogen-bond acceptors (Lipinski definition) is 3. The van der Waals surface area contributed by atoms with Crippen LogP contribution in [0.1, 0.15) is 44.6 Å². The average molecular weight is 294 g/mol. The Kier molecular flexibility index (Phi) is 5.67. The first-order valence-electron chi connectivity index (χ1n) is 7.69. The first kappa shape index (κ1) is 15.9. The third-order valence-corrected chi connectivity index (χ3v) is 4.26. The first-order valence-corrected chi connectivity index (χ1v) is 7.69. The zero-order chi connectivity index (χ0) is 15.2. The summed E-state index contributed by atoms with van der Waals surface area (Å²) in [5.74, 6) is 1.06. The van der Waals surface area contributed by atoms with Crippen molar-refractivity contribution in [2.24, 2.45) is 11.8 Å². The lowest BCUT2D eigenvalue weighted by Crippen LogP contribution is -2.21. The molecule has 0 heterocycles. The van der Waals surface area contributed by atoms with Crippen LogP contribution in [-0.4, -0.2) is 11.5 Å². The van der Waals surface area contributed by atoms with Crippen molar-refractivity contribution in [2.75, 3.05) is 6.54 Å². The first-order chi connectivity index (χ1) is 10.0. The van der Waals surface area contributed by atoms with Gasteiger partial charge in [-0.05, 0) is 42.9 Å². The monoisotopic (exact) mass is 294 g/mol. The fraction of sp³-hybridized carbons (Fsp3) is 0.625. The minimum Gasteiger partial charge on any atom is -0.313 e. The summed E-state index contributed by atoms with van der Waals surface area (Å²) >= 11 is 0. The summed E-state index contributed by atoms with van der Waals surface area (Å²) in [7, 11) is 0. The molecule has 0 aliphatic heterocycles. The number of nitro benzene ring substituents is 1. The lowest BCUT2D eigenvalue weighted by atomic mass is 9.81. The van der Waals surface area contributed by atoms with Gasteiger partial charge in [-0.15, -0.1) is 0 Å². The molecule has 1 N–H and O–H groups in total. The van der Waals surface area contributed by atoms with Crippen LogP contribution in [0.25, 0.3) is 0 Å². The number of hydrogen-bond donors (Lipinski definition) is 1. The highest BCUT2D eigenvalue weighted by atomic mass is 19.1. The van der Waals surface area contributed by atoms with E-state index in [-0.39, 0.29) is 5.69 Å². The Morgan fingerprint density at radius 2 is 2.19 bits per heavy atom. The summed E-state index contributed by atoms with van der Waals surface area (Å²) in [5, 5.41) is 14.0. The van der Waals surface area contributed by atoms with E-state index in [1.807, 2.05) is 0 Å². The largest absolute Gasteiger partial charge is 0.313 e. The van der Waals surface area contributed by atoms with Crippen LogP contribution in [0.4, 0.5) is 10.1 Å². The van der Waals surface area contributed by atoms with Crippen LogP contribution in [0.3, 0.4) is 0 Å². The van der Waals surface area contributed by atoms with E-state index in [1.165, 1.54) is 37.8 Å². The molecule has 2 atom stereocenters. The number of nitro groups is 1. The van der Waals surface area contributed by atoms with Crippen molar-refractivity contribution in [2.45, 2.75) is 45.6 Å². The molecule has 4 nitrogen and oxygen atoms in total. The topological polar surface area (TPSA) is 55.2 Å². The van der Waals surface area contributed by atoms with Gasteiger partial charge in [0, 0.05) is 12.6 Å². The molecule has 2 rings (SSSR count). The van der Waals surface area contributed by atoms with Crippen molar-refractivity contribution < 1.29 is 9.31 Å². The van der Waals surface area contributed by atoms with Crippen molar-refractivity contribution in [1.82, 2.24) is 5.32 Å². The van der Waals surface area contributed by atoms with E-state index >= 15 is 0 Å². The van der Waals surface area contributed by atoms with Gasteiger partial charge in [0.1, 0.15) is 5.82 Å². The maximum atomic E-state index is 13.3. The van der Waals surface area contributed by atoms with E-state index < -0.39 is 10.7 Å². The Bertz CT molecular complexity index is 493. The number of nitrogens with one attached hydrogen (secondary N) is 1. The Morgan fingerprint density at radius 1 is 1.38 bits per heavy atom. The molecule has 21 heavy (non-hydrogen) atoms. The standard InChI is InChI=1S/C16H23FN2O2/c1-12-3-2-4-13(7-12)5-6-18-11-14-8-15(17)10-16(9-14)19(20)21/h8-10,12-13,18H,2-7,11H2,1H3. The van der Waals surface area contributed by atoms with Crippen LogP contribution < -0.4 is 5.32 Å². The second-order valence-corrected chi connectivity index (χ2v) is 6.18. The molecule has 0 amide bonds. The second-order valence-electron chi connectivity index (χ2n) is 6.18. The summed E-state index contributed by atoms with van der Waals surface area (Å²) in [6.45, 7) is 3.66. The number of rotatable bonds is 6. The summed E-state index contributed by atoms with van der Waals surface area (Å²) in [6, 6.07) is 3.73. The number of nitrogens with zero attached hydrogens (tertiary/aromatic N) is 1. The quantitative estimate of drug-likeness (QED) is 0.489. The molecule has 1 saturated carbocycles. The highest BCUT2D eigenvalue weighted by molar-refractivity contribution is 5.35. The molecule has 1 fully saturated rings. The highest BCUT2D eigenvalue weighted by Crippen LogP contribution is 2.30. The Morgan fingerprint density at radius 3 is 2.90 bits per heavy atom. The fourth-order valence-corrected chi connectivity index (χ4v) is 3.20. The van der Waals surface area contributed by atoms with Crippen molar-refractivity contribution in [3.63, 3.8) is 0 Å². The summed E-state index contributed by atoms with van der Waals surface area (Å²) in [4.78, 5) is 10.1. The molecule has 0 bridgehead atoms. The Hall–Kier alpha value is -1.49. The maximum absolute atomic E-state index is 13.3.